The molecule has 22 heavy (non-hydrogen) atoms. The van der Waals surface area contributed by atoms with E-state index in [1.165, 1.54) is 0 Å². The number of pyridine rings is 1. The van der Waals surface area contributed by atoms with Gasteiger partial charge >= 0.3 is 0 Å². The summed E-state index contributed by atoms with van der Waals surface area (Å²) in [6.45, 7) is 7.67. The number of ether oxygens (including phenoxy) is 1. The molecular formula is C17H24N2O3. The van der Waals surface area contributed by atoms with Crippen LogP contribution in [0.5, 0.6) is 0 Å². The molecule has 1 fully saturated rings. The van der Waals surface area contributed by atoms with Gasteiger partial charge < -0.3 is 14.4 Å². The first-order valence-corrected chi connectivity index (χ1v) is 7.96. The Balaban J connectivity index is 1.63. The fraction of sp³-hybridized carbons (Fsp3) is 0.588. The van der Waals surface area contributed by atoms with Crippen LogP contribution in [0.15, 0.2) is 35.6 Å². The Morgan fingerprint density at radius 3 is 3.09 bits per heavy atom. The molecule has 2 aliphatic rings. The van der Waals surface area contributed by atoms with Crippen molar-refractivity contribution in [1.82, 2.24) is 9.47 Å². The number of hydrogen-bond donors (Lipinski definition) is 1. The number of fused-ring (bicyclic) bond motifs is 4. The van der Waals surface area contributed by atoms with Crippen LogP contribution in [0.1, 0.15) is 18.0 Å². The Kier molecular flexibility index (Phi) is 4.76. The highest BCUT2D eigenvalue weighted by atomic mass is 16.5. The van der Waals surface area contributed by atoms with Crippen molar-refractivity contribution in [1.29, 1.82) is 0 Å². The summed E-state index contributed by atoms with van der Waals surface area (Å²) < 4.78 is 7.24. The molecule has 3 atom stereocenters. The van der Waals surface area contributed by atoms with Gasteiger partial charge in [0.05, 0.1) is 19.3 Å². The van der Waals surface area contributed by atoms with Crippen LogP contribution in [-0.2, 0) is 11.3 Å². The molecule has 0 spiro atoms. The van der Waals surface area contributed by atoms with Crippen LogP contribution >= 0.6 is 0 Å². The van der Waals surface area contributed by atoms with E-state index < -0.39 is 6.10 Å². The van der Waals surface area contributed by atoms with Crippen molar-refractivity contribution in [3.05, 3.63) is 46.9 Å². The van der Waals surface area contributed by atoms with Gasteiger partial charge in [0.2, 0.25) is 0 Å². The van der Waals surface area contributed by atoms with Crippen LogP contribution in [-0.4, -0.2) is 53.5 Å². The number of piperidine rings is 1. The van der Waals surface area contributed by atoms with Crippen molar-refractivity contribution in [3.63, 3.8) is 0 Å². The Labute approximate surface area is 130 Å². The summed E-state index contributed by atoms with van der Waals surface area (Å²) in [4.78, 5) is 14.3. The zero-order valence-electron chi connectivity index (χ0n) is 12.9. The number of aromatic nitrogens is 1. The second-order valence-corrected chi connectivity index (χ2v) is 6.40. The average Bonchev–Trinajstić information content (AvgIpc) is 2.48. The number of aliphatic hydroxyl groups is 1. The number of hydrogen-bond acceptors (Lipinski definition) is 4. The number of rotatable bonds is 6. The Bertz CT molecular complexity index is 584. The van der Waals surface area contributed by atoms with E-state index in [1.54, 1.807) is 12.1 Å². The van der Waals surface area contributed by atoms with Gasteiger partial charge in [-0.05, 0) is 18.4 Å². The second kappa shape index (κ2) is 6.77. The van der Waals surface area contributed by atoms with E-state index in [4.69, 9.17) is 4.74 Å². The van der Waals surface area contributed by atoms with Crippen molar-refractivity contribution in [2.45, 2.75) is 25.0 Å². The molecule has 0 saturated carbocycles. The van der Waals surface area contributed by atoms with Crippen LogP contribution < -0.4 is 5.56 Å². The smallest absolute Gasteiger partial charge is 0.250 e. The van der Waals surface area contributed by atoms with E-state index in [0.29, 0.717) is 31.6 Å². The molecule has 0 aliphatic carbocycles. The normalized spacial score (nSPS) is 25.5. The fourth-order valence-electron chi connectivity index (χ4n) is 3.78. The molecule has 1 unspecified atom stereocenters. The summed E-state index contributed by atoms with van der Waals surface area (Å²) in [5, 5.41) is 10.1. The first-order chi connectivity index (χ1) is 10.7. The molecule has 0 aromatic carbocycles. The van der Waals surface area contributed by atoms with Crippen LogP contribution in [0.3, 0.4) is 0 Å². The lowest BCUT2D eigenvalue weighted by molar-refractivity contribution is 0.0100. The lowest BCUT2D eigenvalue weighted by atomic mass is 9.83. The van der Waals surface area contributed by atoms with Gasteiger partial charge in [0.15, 0.2) is 0 Å². The summed E-state index contributed by atoms with van der Waals surface area (Å²) in [5.41, 5.74) is 1.25. The van der Waals surface area contributed by atoms with Crippen LogP contribution in [0.4, 0.5) is 0 Å². The highest BCUT2D eigenvalue weighted by Gasteiger charge is 2.34. The third kappa shape index (κ3) is 3.32. The first-order valence-electron chi connectivity index (χ1n) is 7.96. The Hall–Kier alpha value is -1.43. The van der Waals surface area contributed by atoms with E-state index in [9.17, 15) is 9.90 Å². The van der Waals surface area contributed by atoms with Crippen molar-refractivity contribution >= 4 is 0 Å². The molecule has 1 N–H and O–H groups in total. The molecule has 1 saturated heterocycles. The predicted octanol–water partition coefficient (Wildman–Crippen LogP) is 0.831. The van der Waals surface area contributed by atoms with Gasteiger partial charge in [0.1, 0.15) is 0 Å². The molecule has 5 nitrogen and oxygen atoms in total. The van der Waals surface area contributed by atoms with Gasteiger partial charge in [-0.25, -0.2) is 0 Å². The lowest BCUT2D eigenvalue weighted by Crippen LogP contribution is -2.49. The second-order valence-electron chi connectivity index (χ2n) is 6.40. The van der Waals surface area contributed by atoms with E-state index in [2.05, 4.69) is 17.5 Å². The maximum absolute atomic E-state index is 12.0. The molecule has 120 valence electrons. The molecule has 2 aliphatic heterocycles. The topological polar surface area (TPSA) is 54.7 Å². The minimum absolute atomic E-state index is 0.110. The van der Waals surface area contributed by atoms with E-state index in [-0.39, 0.29) is 5.56 Å². The summed E-state index contributed by atoms with van der Waals surface area (Å²) in [5.74, 6) is 0.885. The maximum Gasteiger partial charge on any atom is 0.250 e. The van der Waals surface area contributed by atoms with Crippen molar-refractivity contribution in [2.24, 2.45) is 5.92 Å². The van der Waals surface area contributed by atoms with Crippen LogP contribution in [0.25, 0.3) is 0 Å². The summed E-state index contributed by atoms with van der Waals surface area (Å²) in [6.07, 6.45) is 2.35. The SMILES string of the molecule is C=CCOCC(O)CN1C[C@H]2C[C@@H](C1)c1cccc(=O)n1C2. The zero-order valence-corrected chi connectivity index (χ0v) is 12.9. The largest absolute Gasteiger partial charge is 0.389 e. The zero-order chi connectivity index (χ0) is 15.5. The minimum Gasteiger partial charge on any atom is -0.389 e. The standard InChI is InChI=1S/C17H24N2O3/c1-2-6-22-12-15(20)11-18-8-13-7-14(10-18)16-4-3-5-17(21)19(16)9-13/h2-5,13-15,20H,1,6-12H2/t13-,14+,15?/m1/s1. The summed E-state index contributed by atoms with van der Waals surface area (Å²) in [6, 6.07) is 5.56. The monoisotopic (exact) mass is 304 g/mol. The number of β-amino-alcohol motifs (C(OH)–C–C–N with tert-alkyl or cyclic N) is 1. The van der Waals surface area contributed by atoms with Gasteiger partial charge in [-0.1, -0.05) is 12.1 Å². The van der Waals surface area contributed by atoms with Crippen LogP contribution in [0.2, 0.25) is 0 Å². The molecule has 3 heterocycles. The van der Waals surface area contributed by atoms with Gasteiger partial charge in [-0.2, -0.15) is 0 Å². The maximum atomic E-state index is 12.0. The number of aliphatic hydroxyl groups excluding tert-OH is 1. The quantitative estimate of drug-likeness (QED) is 0.625. The molecule has 0 radical (unpaired) electrons. The summed E-state index contributed by atoms with van der Waals surface area (Å²) >= 11 is 0. The highest BCUT2D eigenvalue weighted by molar-refractivity contribution is 5.16. The molecule has 1 aromatic rings. The number of likely N-dealkylation sites (tertiary alicyclic amines) is 1. The van der Waals surface area contributed by atoms with Crippen molar-refractivity contribution < 1.29 is 9.84 Å². The summed E-state index contributed by atoms with van der Waals surface area (Å²) in [7, 11) is 0. The van der Waals surface area contributed by atoms with E-state index in [1.807, 2.05) is 10.6 Å². The minimum atomic E-state index is -0.475. The van der Waals surface area contributed by atoms with Crippen LogP contribution in [0, 0.1) is 5.92 Å². The lowest BCUT2D eigenvalue weighted by Gasteiger charge is -2.43. The molecule has 5 heteroatoms. The van der Waals surface area contributed by atoms with E-state index in [0.717, 1.165) is 31.7 Å². The fourth-order valence-corrected chi connectivity index (χ4v) is 3.78. The highest BCUT2D eigenvalue weighted by Crippen LogP contribution is 2.34. The van der Waals surface area contributed by atoms with Crippen molar-refractivity contribution in [2.75, 3.05) is 32.8 Å². The predicted molar refractivity (Wildman–Crippen MR) is 85.0 cm³/mol. The third-order valence-corrected chi connectivity index (χ3v) is 4.57. The molecule has 1 aromatic heterocycles. The van der Waals surface area contributed by atoms with Gasteiger partial charge in [-0.15, -0.1) is 6.58 Å². The van der Waals surface area contributed by atoms with Gasteiger partial charge in [-0.3, -0.25) is 9.69 Å². The third-order valence-electron chi connectivity index (χ3n) is 4.57. The first kappa shape index (κ1) is 15.5. The average molecular weight is 304 g/mol. The van der Waals surface area contributed by atoms with Gasteiger partial charge in [0.25, 0.3) is 5.56 Å². The van der Waals surface area contributed by atoms with Gasteiger partial charge in [0, 0.05) is 43.9 Å². The number of nitrogens with zero attached hydrogens (tertiary/aromatic N) is 2. The molecular weight excluding hydrogens is 280 g/mol. The van der Waals surface area contributed by atoms with E-state index >= 15 is 0 Å². The van der Waals surface area contributed by atoms with Crippen molar-refractivity contribution in [3.8, 4) is 0 Å². The molecule has 3 rings (SSSR count). The molecule has 0 amide bonds. The Morgan fingerprint density at radius 2 is 2.27 bits per heavy atom. The Morgan fingerprint density at radius 1 is 1.41 bits per heavy atom. The molecule has 2 bridgehead atoms.